The third-order valence-electron chi connectivity index (χ3n) is 5.29. The number of hydrogen-bond donors (Lipinski definition) is 0. The normalized spacial score (nSPS) is 11.1. The van der Waals surface area contributed by atoms with Crippen LogP contribution in [-0.4, -0.2) is 0 Å². The molecule has 26 heavy (non-hydrogen) atoms. The molecule has 0 bridgehead atoms. The monoisotopic (exact) mass is 338 g/mol. The Morgan fingerprint density at radius 3 is 2.23 bits per heavy atom. The third kappa shape index (κ3) is 2.80. The Morgan fingerprint density at radius 2 is 1.46 bits per heavy atom. The zero-order valence-corrected chi connectivity index (χ0v) is 15.9. The number of nitrogens with zero attached hydrogens (tertiary/aromatic N) is 1. The fourth-order valence-corrected chi connectivity index (χ4v) is 3.69. The molecule has 0 N–H and O–H groups in total. The van der Waals surface area contributed by atoms with E-state index >= 15 is 0 Å². The molecule has 0 radical (unpaired) electrons. The van der Waals surface area contributed by atoms with Crippen molar-refractivity contribution in [3.63, 3.8) is 0 Å². The molecule has 0 unspecified atom stereocenters. The molecule has 3 aromatic carbocycles. The molecule has 0 aliphatic heterocycles. The van der Waals surface area contributed by atoms with Crippen LogP contribution in [0.5, 0.6) is 0 Å². The summed E-state index contributed by atoms with van der Waals surface area (Å²) in [6.45, 7) is 6.55. The first-order valence-corrected chi connectivity index (χ1v) is 9.11. The summed E-state index contributed by atoms with van der Waals surface area (Å²) in [5.74, 6) is 0. The van der Waals surface area contributed by atoms with E-state index in [1.807, 2.05) is 0 Å². The van der Waals surface area contributed by atoms with Crippen molar-refractivity contribution in [2.75, 3.05) is 0 Å². The van der Waals surface area contributed by atoms with Crippen molar-refractivity contribution in [2.24, 2.45) is 7.05 Å². The fraction of sp³-hybridized carbons (Fsp3) is 0.160. The zero-order valence-electron chi connectivity index (χ0n) is 15.9. The molecule has 0 aliphatic rings. The van der Waals surface area contributed by atoms with Crippen LogP contribution in [0.25, 0.3) is 33.2 Å². The largest absolute Gasteiger partial charge is 0.220 e. The highest BCUT2D eigenvalue weighted by atomic mass is 14.9. The summed E-state index contributed by atoms with van der Waals surface area (Å²) in [4.78, 5) is 0. The molecular weight excluding hydrogens is 314 g/mol. The Morgan fingerprint density at radius 1 is 0.692 bits per heavy atom. The van der Waals surface area contributed by atoms with Gasteiger partial charge in [-0.2, -0.15) is 4.57 Å². The lowest BCUT2D eigenvalue weighted by atomic mass is 9.94. The van der Waals surface area contributed by atoms with E-state index < -0.39 is 0 Å². The molecule has 1 nitrogen and oxygen atoms in total. The number of benzene rings is 3. The van der Waals surface area contributed by atoms with Crippen molar-refractivity contribution < 1.29 is 4.57 Å². The molecule has 0 saturated carbocycles. The van der Waals surface area contributed by atoms with Crippen LogP contribution in [0.2, 0.25) is 0 Å². The van der Waals surface area contributed by atoms with Crippen LogP contribution in [-0.2, 0) is 7.05 Å². The van der Waals surface area contributed by atoms with Crippen molar-refractivity contribution in [3.8, 4) is 22.4 Å². The highest BCUT2D eigenvalue weighted by molar-refractivity contribution is 5.95. The highest BCUT2D eigenvalue weighted by Crippen LogP contribution is 2.32. The van der Waals surface area contributed by atoms with Gasteiger partial charge in [-0.1, -0.05) is 60.2 Å². The van der Waals surface area contributed by atoms with Gasteiger partial charge >= 0.3 is 0 Å². The van der Waals surface area contributed by atoms with Crippen molar-refractivity contribution in [1.82, 2.24) is 0 Å². The smallest absolute Gasteiger partial charge is 0.198 e. The number of hydrogen-bond acceptors (Lipinski definition) is 0. The van der Waals surface area contributed by atoms with Gasteiger partial charge in [-0.15, -0.1) is 0 Å². The predicted molar refractivity (Wildman–Crippen MR) is 110 cm³/mol. The van der Waals surface area contributed by atoms with Gasteiger partial charge in [0.15, 0.2) is 5.69 Å². The first-order chi connectivity index (χ1) is 12.5. The van der Waals surface area contributed by atoms with Gasteiger partial charge in [-0.05, 0) is 48.1 Å². The molecule has 1 aromatic heterocycles. The Bertz CT molecular complexity index is 1110. The molecule has 0 amide bonds. The lowest BCUT2D eigenvalue weighted by Gasteiger charge is -2.12. The molecule has 4 aromatic rings. The van der Waals surface area contributed by atoms with Gasteiger partial charge in [-0.25, -0.2) is 0 Å². The van der Waals surface area contributed by atoms with Gasteiger partial charge in [0, 0.05) is 13.0 Å². The summed E-state index contributed by atoms with van der Waals surface area (Å²) >= 11 is 0. The second-order valence-corrected chi connectivity index (χ2v) is 7.18. The second kappa shape index (κ2) is 6.42. The summed E-state index contributed by atoms with van der Waals surface area (Å²) in [5.41, 5.74) is 8.96. The maximum absolute atomic E-state index is 2.33. The highest BCUT2D eigenvalue weighted by Gasteiger charge is 2.20. The minimum absolute atomic E-state index is 1.25. The predicted octanol–water partition coefficient (Wildman–Crippen LogP) is 5.92. The summed E-state index contributed by atoms with van der Waals surface area (Å²) in [7, 11) is 2.17. The molecule has 0 atom stereocenters. The minimum Gasteiger partial charge on any atom is -0.198 e. The van der Waals surface area contributed by atoms with Crippen LogP contribution in [0.1, 0.15) is 16.8 Å². The zero-order chi connectivity index (χ0) is 18.3. The summed E-state index contributed by atoms with van der Waals surface area (Å²) in [6, 6.07) is 26.4. The first-order valence-electron chi connectivity index (χ1n) is 9.11. The van der Waals surface area contributed by atoms with Crippen LogP contribution in [0.4, 0.5) is 0 Å². The lowest BCUT2D eigenvalue weighted by Crippen LogP contribution is -2.35. The Balaban J connectivity index is 2.04. The molecule has 128 valence electrons. The van der Waals surface area contributed by atoms with Gasteiger partial charge in [0.2, 0.25) is 5.69 Å². The van der Waals surface area contributed by atoms with Crippen LogP contribution >= 0.6 is 0 Å². The molecule has 1 heterocycles. The second-order valence-electron chi connectivity index (χ2n) is 7.18. The standard InChI is InChI=1S/C25H24N/c1-17-10-12-22-15-19(3)26(4)25(24(22)14-17)23-16-21(13-11-18(23)2)20-8-6-5-7-9-20/h5-16H,1-4H3/q+1. The van der Waals surface area contributed by atoms with E-state index in [0.29, 0.717) is 0 Å². The Hall–Kier alpha value is -2.93. The number of aromatic nitrogens is 1. The van der Waals surface area contributed by atoms with Crippen LogP contribution in [0.15, 0.2) is 72.8 Å². The van der Waals surface area contributed by atoms with E-state index in [4.69, 9.17) is 0 Å². The van der Waals surface area contributed by atoms with Crippen LogP contribution in [0, 0.1) is 20.8 Å². The van der Waals surface area contributed by atoms with E-state index in [1.54, 1.807) is 0 Å². The molecule has 4 rings (SSSR count). The molecule has 0 saturated heterocycles. The minimum atomic E-state index is 1.25. The van der Waals surface area contributed by atoms with Gasteiger partial charge in [0.1, 0.15) is 7.05 Å². The summed E-state index contributed by atoms with van der Waals surface area (Å²) in [6.07, 6.45) is 0. The summed E-state index contributed by atoms with van der Waals surface area (Å²) < 4.78 is 2.32. The average molecular weight is 338 g/mol. The van der Waals surface area contributed by atoms with E-state index in [9.17, 15) is 0 Å². The van der Waals surface area contributed by atoms with Gasteiger partial charge in [-0.3, -0.25) is 0 Å². The first kappa shape index (κ1) is 16.5. The molecule has 1 heteroatoms. The number of rotatable bonds is 2. The van der Waals surface area contributed by atoms with E-state index in [2.05, 4.69) is 105 Å². The van der Waals surface area contributed by atoms with Gasteiger partial charge < -0.3 is 0 Å². The van der Waals surface area contributed by atoms with Crippen molar-refractivity contribution in [1.29, 1.82) is 0 Å². The van der Waals surface area contributed by atoms with Gasteiger partial charge in [0.25, 0.3) is 0 Å². The topological polar surface area (TPSA) is 3.88 Å². The van der Waals surface area contributed by atoms with Crippen molar-refractivity contribution >= 4 is 10.8 Å². The Kier molecular flexibility index (Phi) is 4.08. The van der Waals surface area contributed by atoms with Crippen molar-refractivity contribution in [3.05, 3.63) is 89.6 Å². The molecule has 0 fully saturated rings. The maximum atomic E-state index is 2.33. The number of fused-ring (bicyclic) bond motifs is 1. The van der Waals surface area contributed by atoms with Gasteiger partial charge in [0.05, 0.1) is 10.9 Å². The van der Waals surface area contributed by atoms with E-state index in [1.165, 1.54) is 50.0 Å². The SMILES string of the molecule is Cc1ccc2cc(C)[n+](C)c(-c3cc(-c4ccccc4)ccc3C)c2c1. The third-order valence-corrected chi connectivity index (χ3v) is 5.29. The summed E-state index contributed by atoms with van der Waals surface area (Å²) in [5, 5.41) is 2.61. The maximum Gasteiger partial charge on any atom is 0.220 e. The molecular formula is C25H24N+. The van der Waals surface area contributed by atoms with Crippen molar-refractivity contribution in [2.45, 2.75) is 20.8 Å². The Labute approximate surface area is 155 Å². The van der Waals surface area contributed by atoms with E-state index in [0.717, 1.165) is 0 Å². The number of aryl methyl sites for hydroxylation is 3. The van der Waals surface area contributed by atoms with Crippen LogP contribution < -0.4 is 4.57 Å². The number of pyridine rings is 1. The van der Waals surface area contributed by atoms with Crippen LogP contribution in [0.3, 0.4) is 0 Å². The fourth-order valence-electron chi connectivity index (χ4n) is 3.69. The molecule has 0 spiro atoms. The molecule has 0 aliphatic carbocycles. The lowest BCUT2D eigenvalue weighted by molar-refractivity contribution is -0.665. The van der Waals surface area contributed by atoms with E-state index in [-0.39, 0.29) is 0 Å². The average Bonchev–Trinajstić information content (AvgIpc) is 2.65. The quantitative estimate of drug-likeness (QED) is 0.399.